The van der Waals surface area contributed by atoms with E-state index >= 15 is 0 Å². The zero-order valence-corrected chi connectivity index (χ0v) is 12.5. The lowest BCUT2D eigenvalue weighted by Gasteiger charge is -2.10. The van der Waals surface area contributed by atoms with Gasteiger partial charge in [-0.25, -0.2) is 0 Å². The summed E-state index contributed by atoms with van der Waals surface area (Å²) in [4.78, 5) is 11.8. The zero-order chi connectivity index (χ0) is 14.5. The van der Waals surface area contributed by atoms with Crippen molar-refractivity contribution in [3.8, 4) is 5.69 Å². The first-order valence-electron chi connectivity index (χ1n) is 6.41. The number of amides is 1. The van der Waals surface area contributed by atoms with E-state index < -0.39 is 0 Å². The Bertz CT molecular complexity index is 581. The molecule has 0 aliphatic heterocycles. The number of thioether (sulfide) groups is 1. The van der Waals surface area contributed by atoms with E-state index in [1.807, 2.05) is 45.0 Å². The molecule has 0 spiro atoms. The molecular formula is C13H17N5OS. The van der Waals surface area contributed by atoms with Crippen LogP contribution in [-0.4, -0.2) is 37.9 Å². The monoisotopic (exact) mass is 291 g/mol. The lowest BCUT2D eigenvalue weighted by Crippen LogP contribution is -2.30. The predicted molar refractivity (Wildman–Crippen MR) is 77.9 cm³/mol. The van der Waals surface area contributed by atoms with Crippen LogP contribution in [0.4, 0.5) is 0 Å². The van der Waals surface area contributed by atoms with Gasteiger partial charge in [-0.1, -0.05) is 29.5 Å². The molecule has 0 bridgehead atoms. The van der Waals surface area contributed by atoms with Gasteiger partial charge in [-0.3, -0.25) is 4.79 Å². The molecule has 1 heterocycles. The summed E-state index contributed by atoms with van der Waals surface area (Å²) < 4.78 is 1.64. The maximum atomic E-state index is 11.8. The molecule has 1 aromatic carbocycles. The molecule has 0 fully saturated rings. The standard InChI is InChI=1S/C13H17N5OS/c1-4-14-12(19)10(3)20-13-15-16-17-18(13)11-7-5-9(2)6-8-11/h5-8,10H,4H2,1-3H3,(H,14,19)/t10-/m0/s1. The number of hydrogen-bond donors (Lipinski definition) is 1. The second-order valence-corrected chi connectivity index (χ2v) is 5.67. The first kappa shape index (κ1) is 14.5. The smallest absolute Gasteiger partial charge is 0.233 e. The summed E-state index contributed by atoms with van der Waals surface area (Å²) in [6, 6.07) is 7.90. The van der Waals surface area contributed by atoms with Crippen LogP contribution in [-0.2, 0) is 4.79 Å². The van der Waals surface area contributed by atoms with Crippen LogP contribution in [0.5, 0.6) is 0 Å². The summed E-state index contributed by atoms with van der Waals surface area (Å²) >= 11 is 1.34. The number of rotatable bonds is 5. The van der Waals surface area contributed by atoms with Gasteiger partial charge in [-0.05, 0) is 43.3 Å². The lowest BCUT2D eigenvalue weighted by atomic mass is 10.2. The quantitative estimate of drug-likeness (QED) is 0.847. The Balaban J connectivity index is 2.16. The third-order valence-corrected chi connectivity index (χ3v) is 3.75. The molecule has 6 nitrogen and oxygen atoms in total. The van der Waals surface area contributed by atoms with E-state index in [9.17, 15) is 4.79 Å². The van der Waals surface area contributed by atoms with Crippen molar-refractivity contribution in [3.05, 3.63) is 29.8 Å². The van der Waals surface area contributed by atoms with Gasteiger partial charge >= 0.3 is 0 Å². The number of aromatic nitrogens is 4. The van der Waals surface area contributed by atoms with E-state index in [1.165, 1.54) is 17.3 Å². The molecule has 0 aliphatic carbocycles. The van der Waals surface area contributed by atoms with Crippen LogP contribution >= 0.6 is 11.8 Å². The molecule has 7 heteroatoms. The molecule has 106 valence electrons. The number of carbonyl (C=O) groups is 1. The molecule has 0 saturated carbocycles. The number of benzene rings is 1. The average molecular weight is 291 g/mol. The topological polar surface area (TPSA) is 72.7 Å². The molecule has 1 N–H and O–H groups in total. The number of nitrogens with zero attached hydrogens (tertiary/aromatic N) is 4. The first-order valence-corrected chi connectivity index (χ1v) is 7.29. The van der Waals surface area contributed by atoms with Crippen molar-refractivity contribution >= 4 is 17.7 Å². The fourth-order valence-corrected chi connectivity index (χ4v) is 2.46. The second-order valence-electron chi connectivity index (χ2n) is 4.36. The number of nitrogens with one attached hydrogen (secondary N) is 1. The number of tetrazole rings is 1. The van der Waals surface area contributed by atoms with Gasteiger partial charge < -0.3 is 5.32 Å². The maximum absolute atomic E-state index is 11.8. The summed E-state index contributed by atoms with van der Waals surface area (Å²) in [7, 11) is 0. The Labute approximate surface area is 121 Å². The van der Waals surface area contributed by atoms with Gasteiger partial charge in [0.15, 0.2) is 0 Å². The molecule has 0 aliphatic rings. The van der Waals surface area contributed by atoms with Crippen LogP contribution in [0.1, 0.15) is 19.4 Å². The summed E-state index contributed by atoms with van der Waals surface area (Å²) in [5, 5.41) is 14.8. The normalized spacial score (nSPS) is 12.2. The van der Waals surface area contributed by atoms with E-state index in [2.05, 4.69) is 20.8 Å². The summed E-state index contributed by atoms with van der Waals surface area (Å²) in [6.45, 7) is 6.37. The van der Waals surface area contributed by atoms with Crippen LogP contribution in [0.2, 0.25) is 0 Å². The zero-order valence-electron chi connectivity index (χ0n) is 11.7. The number of aryl methyl sites for hydroxylation is 1. The van der Waals surface area contributed by atoms with Crippen LogP contribution in [0.15, 0.2) is 29.4 Å². The van der Waals surface area contributed by atoms with Gasteiger partial charge in [0.05, 0.1) is 10.9 Å². The fourth-order valence-electron chi connectivity index (χ4n) is 1.63. The van der Waals surface area contributed by atoms with Crippen LogP contribution < -0.4 is 5.32 Å². The third kappa shape index (κ3) is 3.36. The average Bonchev–Trinajstić information content (AvgIpc) is 2.88. The predicted octanol–water partition coefficient (Wildman–Crippen LogP) is 1.59. The van der Waals surface area contributed by atoms with Crippen molar-refractivity contribution < 1.29 is 4.79 Å². The number of hydrogen-bond acceptors (Lipinski definition) is 5. The number of carbonyl (C=O) groups excluding carboxylic acids is 1. The maximum Gasteiger partial charge on any atom is 0.233 e. The summed E-state index contributed by atoms with van der Waals surface area (Å²) in [5.74, 6) is -0.0176. The largest absolute Gasteiger partial charge is 0.355 e. The molecule has 2 rings (SSSR count). The highest BCUT2D eigenvalue weighted by molar-refractivity contribution is 8.00. The molecule has 0 unspecified atom stereocenters. The van der Waals surface area contributed by atoms with E-state index in [0.29, 0.717) is 11.7 Å². The van der Waals surface area contributed by atoms with Crippen LogP contribution in [0, 0.1) is 6.92 Å². The van der Waals surface area contributed by atoms with Crippen molar-refractivity contribution in [2.24, 2.45) is 0 Å². The van der Waals surface area contributed by atoms with Crippen molar-refractivity contribution in [3.63, 3.8) is 0 Å². The summed E-state index contributed by atoms with van der Waals surface area (Å²) in [5.41, 5.74) is 2.05. The van der Waals surface area contributed by atoms with Gasteiger partial charge in [0.1, 0.15) is 0 Å². The highest BCUT2D eigenvalue weighted by Gasteiger charge is 2.18. The Kier molecular flexibility index (Phi) is 4.73. The highest BCUT2D eigenvalue weighted by Crippen LogP contribution is 2.22. The Hall–Kier alpha value is -1.89. The van der Waals surface area contributed by atoms with Crippen LogP contribution in [0.3, 0.4) is 0 Å². The van der Waals surface area contributed by atoms with Crippen molar-refractivity contribution in [2.45, 2.75) is 31.2 Å². The van der Waals surface area contributed by atoms with Gasteiger partial charge in [-0.2, -0.15) is 4.68 Å². The lowest BCUT2D eigenvalue weighted by molar-refractivity contribution is -0.120. The minimum absolute atomic E-state index is 0.0176. The summed E-state index contributed by atoms with van der Waals surface area (Å²) in [6.07, 6.45) is 0. The van der Waals surface area contributed by atoms with Crippen molar-refractivity contribution in [2.75, 3.05) is 6.54 Å². The van der Waals surface area contributed by atoms with E-state index in [0.717, 1.165) is 5.69 Å². The molecule has 1 atom stereocenters. The SMILES string of the molecule is CCNC(=O)[C@H](C)Sc1nnnn1-c1ccc(C)cc1. The van der Waals surface area contributed by atoms with Gasteiger partial charge in [-0.15, -0.1) is 5.10 Å². The Morgan fingerprint density at radius 3 is 2.75 bits per heavy atom. The molecule has 0 saturated heterocycles. The fraction of sp³-hybridized carbons (Fsp3) is 0.385. The van der Waals surface area contributed by atoms with Crippen molar-refractivity contribution in [1.29, 1.82) is 0 Å². The van der Waals surface area contributed by atoms with E-state index in [-0.39, 0.29) is 11.2 Å². The van der Waals surface area contributed by atoms with Gasteiger partial charge in [0, 0.05) is 6.54 Å². The second kappa shape index (κ2) is 6.51. The minimum atomic E-state index is -0.245. The Morgan fingerprint density at radius 1 is 1.40 bits per heavy atom. The first-order chi connectivity index (χ1) is 9.61. The molecule has 1 aromatic heterocycles. The molecule has 20 heavy (non-hydrogen) atoms. The van der Waals surface area contributed by atoms with Crippen LogP contribution in [0.25, 0.3) is 5.69 Å². The Morgan fingerprint density at radius 2 is 2.10 bits per heavy atom. The van der Waals surface area contributed by atoms with Gasteiger partial charge in [0.25, 0.3) is 0 Å². The van der Waals surface area contributed by atoms with Gasteiger partial charge in [0.2, 0.25) is 11.1 Å². The molecule has 2 aromatic rings. The molecule has 0 radical (unpaired) electrons. The third-order valence-electron chi connectivity index (χ3n) is 2.72. The van der Waals surface area contributed by atoms with E-state index in [1.54, 1.807) is 4.68 Å². The minimum Gasteiger partial charge on any atom is -0.355 e. The highest BCUT2D eigenvalue weighted by atomic mass is 32.2. The van der Waals surface area contributed by atoms with Crippen molar-refractivity contribution in [1.82, 2.24) is 25.5 Å². The van der Waals surface area contributed by atoms with E-state index in [4.69, 9.17) is 0 Å². The molecule has 1 amide bonds. The molecular weight excluding hydrogens is 274 g/mol.